The monoisotopic (exact) mass is 312 g/mol. The van der Waals surface area contributed by atoms with Crippen LogP contribution >= 0.6 is 0 Å². The number of carboxylic acids is 1. The second kappa shape index (κ2) is 6.44. The highest BCUT2D eigenvalue weighted by Crippen LogP contribution is 2.27. The number of anilines is 1. The molecule has 1 saturated heterocycles. The van der Waals surface area contributed by atoms with Gasteiger partial charge in [-0.2, -0.15) is 0 Å². The van der Waals surface area contributed by atoms with E-state index in [0.29, 0.717) is 12.3 Å². The molecule has 1 heterocycles. The number of sulfonamides is 1. The van der Waals surface area contributed by atoms with Gasteiger partial charge in [0.05, 0.1) is 4.90 Å². The Bertz CT molecular complexity index is 598. The van der Waals surface area contributed by atoms with Crippen LogP contribution in [0.15, 0.2) is 29.2 Å². The molecule has 0 aromatic heterocycles. The largest absolute Gasteiger partial charge is 0.481 e. The van der Waals surface area contributed by atoms with E-state index in [9.17, 15) is 13.2 Å². The van der Waals surface area contributed by atoms with Crippen molar-refractivity contribution in [2.75, 3.05) is 25.0 Å². The molecule has 2 rings (SSSR count). The van der Waals surface area contributed by atoms with E-state index in [4.69, 9.17) is 5.11 Å². The molecular formula is C14H20N2O4S. The molecule has 0 radical (unpaired) electrons. The fraction of sp³-hybridized carbons (Fsp3) is 0.500. The minimum absolute atomic E-state index is 0.206. The van der Waals surface area contributed by atoms with E-state index in [1.807, 2.05) is 0 Å². The Labute approximate surface area is 124 Å². The van der Waals surface area contributed by atoms with Gasteiger partial charge in [-0.1, -0.05) is 0 Å². The molecule has 1 aliphatic heterocycles. The van der Waals surface area contributed by atoms with Gasteiger partial charge in [-0.25, -0.2) is 13.1 Å². The third-order valence-corrected chi connectivity index (χ3v) is 5.26. The molecule has 116 valence electrons. The molecular weight excluding hydrogens is 292 g/mol. The lowest BCUT2D eigenvalue weighted by Gasteiger charge is -2.19. The first-order chi connectivity index (χ1) is 9.92. The summed E-state index contributed by atoms with van der Waals surface area (Å²) < 4.78 is 25.6. The Morgan fingerprint density at radius 2 is 2.05 bits per heavy atom. The van der Waals surface area contributed by atoms with Crippen LogP contribution in [0.1, 0.15) is 19.3 Å². The zero-order chi connectivity index (χ0) is 15.5. The van der Waals surface area contributed by atoms with Gasteiger partial charge < -0.3 is 10.0 Å². The zero-order valence-electron chi connectivity index (χ0n) is 11.9. The second-order valence-corrected chi connectivity index (χ2v) is 7.12. The smallest absolute Gasteiger partial charge is 0.303 e. The van der Waals surface area contributed by atoms with Crippen LogP contribution < -0.4 is 9.62 Å². The lowest BCUT2D eigenvalue weighted by atomic mass is 10.0. The standard InChI is InChI=1S/C14H20N2O4S/c1-15-21(19,20)13-5-3-12(4-6-13)16-9-8-11(10-16)2-7-14(17)18/h3-6,11,15H,2,7-10H2,1H3,(H,17,18). The van der Waals surface area contributed by atoms with Gasteiger partial charge >= 0.3 is 5.97 Å². The molecule has 0 bridgehead atoms. The normalized spacial score (nSPS) is 18.9. The first-order valence-electron chi connectivity index (χ1n) is 6.93. The van der Waals surface area contributed by atoms with Gasteiger partial charge in [0.15, 0.2) is 0 Å². The minimum Gasteiger partial charge on any atom is -0.481 e. The van der Waals surface area contributed by atoms with Gasteiger partial charge in [0, 0.05) is 25.2 Å². The summed E-state index contributed by atoms with van der Waals surface area (Å²) in [5.74, 6) is -0.364. The molecule has 1 fully saturated rings. The molecule has 1 aromatic carbocycles. The summed E-state index contributed by atoms with van der Waals surface area (Å²) >= 11 is 0. The molecule has 1 aromatic rings. The van der Waals surface area contributed by atoms with Gasteiger partial charge in [-0.15, -0.1) is 0 Å². The average Bonchev–Trinajstić information content (AvgIpc) is 2.94. The predicted octanol–water partition coefficient (Wildman–Crippen LogP) is 1.29. The lowest BCUT2D eigenvalue weighted by molar-refractivity contribution is -0.137. The lowest BCUT2D eigenvalue weighted by Crippen LogP contribution is -2.21. The molecule has 1 unspecified atom stereocenters. The van der Waals surface area contributed by atoms with Crippen LogP contribution in [-0.2, 0) is 14.8 Å². The van der Waals surface area contributed by atoms with E-state index in [1.165, 1.54) is 7.05 Å². The molecule has 6 nitrogen and oxygen atoms in total. The molecule has 0 aliphatic carbocycles. The first kappa shape index (κ1) is 15.8. The number of benzene rings is 1. The Morgan fingerprint density at radius 1 is 1.38 bits per heavy atom. The molecule has 1 atom stereocenters. The van der Waals surface area contributed by atoms with E-state index >= 15 is 0 Å². The third kappa shape index (κ3) is 3.95. The number of nitrogens with zero attached hydrogens (tertiary/aromatic N) is 1. The topological polar surface area (TPSA) is 86.7 Å². The molecule has 21 heavy (non-hydrogen) atoms. The predicted molar refractivity (Wildman–Crippen MR) is 79.9 cm³/mol. The van der Waals surface area contributed by atoms with Crippen LogP contribution in [0.5, 0.6) is 0 Å². The maximum atomic E-state index is 11.7. The Morgan fingerprint density at radius 3 is 2.62 bits per heavy atom. The maximum Gasteiger partial charge on any atom is 0.303 e. The number of aliphatic carboxylic acids is 1. The summed E-state index contributed by atoms with van der Waals surface area (Å²) in [4.78, 5) is 13.0. The van der Waals surface area contributed by atoms with E-state index in [2.05, 4.69) is 9.62 Å². The van der Waals surface area contributed by atoms with Crippen molar-refractivity contribution in [3.8, 4) is 0 Å². The molecule has 1 aliphatic rings. The van der Waals surface area contributed by atoms with Gasteiger partial charge in [-0.3, -0.25) is 4.79 Å². The van der Waals surface area contributed by atoms with Gasteiger partial charge in [0.25, 0.3) is 0 Å². The third-order valence-electron chi connectivity index (χ3n) is 3.83. The van der Waals surface area contributed by atoms with E-state index < -0.39 is 16.0 Å². The van der Waals surface area contributed by atoms with Crippen molar-refractivity contribution in [3.05, 3.63) is 24.3 Å². The Balaban J connectivity index is 1.99. The summed E-state index contributed by atoms with van der Waals surface area (Å²) in [7, 11) is -2.02. The number of nitrogens with one attached hydrogen (secondary N) is 1. The van der Waals surface area contributed by atoms with Gasteiger partial charge in [0.1, 0.15) is 0 Å². The van der Waals surface area contributed by atoms with E-state index in [0.717, 1.165) is 25.2 Å². The van der Waals surface area contributed by atoms with E-state index in [-0.39, 0.29) is 11.3 Å². The second-order valence-electron chi connectivity index (χ2n) is 5.23. The maximum absolute atomic E-state index is 11.7. The van der Waals surface area contributed by atoms with Crippen molar-refractivity contribution in [3.63, 3.8) is 0 Å². The minimum atomic E-state index is -3.40. The SMILES string of the molecule is CNS(=O)(=O)c1ccc(N2CCC(CCC(=O)O)C2)cc1. The van der Waals surface area contributed by atoms with Crippen LogP contribution in [0.3, 0.4) is 0 Å². The summed E-state index contributed by atoms with van der Waals surface area (Å²) in [5.41, 5.74) is 0.975. The molecule has 0 amide bonds. The number of hydrogen-bond donors (Lipinski definition) is 2. The molecule has 0 saturated carbocycles. The van der Waals surface area contributed by atoms with Crippen molar-refractivity contribution in [2.45, 2.75) is 24.2 Å². The summed E-state index contributed by atoms with van der Waals surface area (Å²) in [6, 6.07) is 6.77. The van der Waals surface area contributed by atoms with Crippen molar-refractivity contribution in [1.82, 2.24) is 4.72 Å². The fourth-order valence-electron chi connectivity index (χ4n) is 2.58. The summed E-state index contributed by atoms with van der Waals surface area (Å²) in [6.07, 6.45) is 1.87. The highest BCUT2D eigenvalue weighted by molar-refractivity contribution is 7.89. The van der Waals surface area contributed by atoms with Crippen LogP contribution in [0.4, 0.5) is 5.69 Å². The number of carbonyl (C=O) groups is 1. The van der Waals surface area contributed by atoms with E-state index in [1.54, 1.807) is 24.3 Å². The first-order valence-corrected chi connectivity index (χ1v) is 8.41. The van der Waals surface area contributed by atoms with Crippen LogP contribution in [0.2, 0.25) is 0 Å². The molecule has 0 spiro atoms. The average molecular weight is 312 g/mol. The number of carboxylic acid groups (broad SMARTS) is 1. The van der Waals surface area contributed by atoms with Crippen molar-refractivity contribution < 1.29 is 18.3 Å². The number of rotatable bonds is 6. The van der Waals surface area contributed by atoms with Crippen LogP contribution in [-0.4, -0.2) is 39.6 Å². The molecule has 2 N–H and O–H groups in total. The molecule has 7 heteroatoms. The quantitative estimate of drug-likeness (QED) is 0.826. The highest BCUT2D eigenvalue weighted by Gasteiger charge is 2.23. The fourth-order valence-corrected chi connectivity index (χ4v) is 3.31. The van der Waals surface area contributed by atoms with Crippen molar-refractivity contribution in [2.24, 2.45) is 5.92 Å². The van der Waals surface area contributed by atoms with Crippen molar-refractivity contribution in [1.29, 1.82) is 0 Å². The van der Waals surface area contributed by atoms with Crippen molar-refractivity contribution >= 4 is 21.7 Å². The summed E-state index contributed by atoms with van der Waals surface area (Å²) in [6.45, 7) is 1.70. The zero-order valence-corrected chi connectivity index (χ0v) is 12.8. The number of hydrogen-bond acceptors (Lipinski definition) is 4. The highest BCUT2D eigenvalue weighted by atomic mass is 32.2. The Hall–Kier alpha value is -1.60. The van der Waals surface area contributed by atoms with Crippen LogP contribution in [0, 0.1) is 5.92 Å². The van der Waals surface area contributed by atoms with Crippen LogP contribution in [0.25, 0.3) is 0 Å². The Kier molecular flexibility index (Phi) is 4.84. The van der Waals surface area contributed by atoms with Gasteiger partial charge in [0.2, 0.25) is 10.0 Å². The van der Waals surface area contributed by atoms with Gasteiger partial charge in [-0.05, 0) is 50.1 Å². The summed E-state index contributed by atoms with van der Waals surface area (Å²) in [5, 5.41) is 8.71.